The number of carbonyl (C=O) groups excluding carboxylic acids is 1. The van der Waals surface area contributed by atoms with Crippen LogP contribution in [0.5, 0.6) is 17.2 Å². The first kappa shape index (κ1) is 25.6. The fourth-order valence-corrected chi connectivity index (χ4v) is 5.20. The lowest BCUT2D eigenvalue weighted by molar-refractivity contribution is -0.140. The zero-order chi connectivity index (χ0) is 25.5. The summed E-state index contributed by atoms with van der Waals surface area (Å²) in [6.45, 7) is 4.93. The Morgan fingerprint density at radius 3 is 2.44 bits per heavy atom. The summed E-state index contributed by atoms with van der Waals surface area (Å²) in [6, 6.07) is 15.2. The van der Waals surface area contributed by atoms with E-state index in [0.717, 1.165) is 54.9 Å². The average molecular weight is 489 g/mol. The molecule has 0 bridgehead atoms. The molecule has 1 fully saturated rings. The molecule has 190 valence electrons. The summed E-state index contributed by atoms with van der Waals surface area (Å²) < 4.78 is 17.3. The van der Waals surface area contributed by atoms with Crippen molar-refractivity contribution in [3.8, 4) is 23.3 Å². The van der Waals surface area contributed by atoms with Gasteiger partial charge in [-0.15, -0.1) is 0 Å². The normalized spacial score (nSPS) is 21.2. The molecule has 0 aromatic heterocycles. The van der Waals surface area contributed by atoms with Gasteiger partial charge in [0.05, 0.1) is 18.4 Å². The number of ether oxygens (including phenoxy) is 3. The molecule has 4 rings (SSSR count). The minimum absolute atomic E-state index is 0.0591. The van der Waals surface area contributed by atoms with Gasteiger partial charge in [-0.05, 0) is 61.8 Å². The summed E-state index contributed by atoms with van der Waals surface area (Å²) in [5.41, 5.74) is 8.22. The molecule has 2 aromatic carbocycles. The van der Waals surface area contributed by atoms with Gasteiger partial charge in [-0.2, -0.15) is 5.26 Å². The van der Waals surface area contributed by atoms with E-state index >= 15 is 0 Å². The molecule has 1 saturated carbocycles. The van der Waals surface area contributed by atoms with Gasteiger partial charge in [-0.25, -0.2) is 0 Å². The van der Waals surface area contributed by atoms with E-state index in [-0.39, 0.29) is 23.7 Å². The third-order valence-corrected chi connectivity index (χ3v) is 7.24. The number of hydrogen-bond donors (Lipinski definition) is 1. The predicted molar refractivity (Wildman–Crippen MR) is 139 cm³/mol. The molecule has 6 nitrogen and oxygen atoms in total. The Balaban J connectivity index is 1.49. The molecule has 1 unspecified atom stereocenters. The molecule has 1 aliphatic carbocycles. The van der Waals surface area contributed by atoms with Gasteiger partial charge in [0.1, 0.15) is 28.9 Å². The number of rotatable bonds is 9. The summed E-state index contributed by atoms with van der Waals surface area (Å²) in [7, 11) is 0. The number of esters is 1. The van der Waals surface area contributed by atoms with Crippen LogP contribution in [0, 0.1) is 23.2 Å². The van der Waals surface area contributed by atoms with E-state index in [9.17, 15) is 10.1 Å². The highest BCUT2D eigenvalue weighted by atomic mass is 16.5. The molecule has 36 heavy (non-hydrogen) atoms. The van der Waals surface area contributed by atoms with Crippen LogP contribution in [-0.2, 0) is 4.79 Å². The van der Waals surface area contributed by atoms with Crippen LogP contribution < -0.4 is 19.9 Å². The Morgan fingerprint density at radius 2 is 1.78 bits per heavy atom. The Morgan fingerprint density at radius 1 is 1.06 bits per heavy atom. The van der Waals surface area contributed by atoms with E-state index < -0.39 is 0 Å². The van der Waals surface area contributed by atoms with Gasteiger partial charge in [0.25, 0.3) is 0 Å². The minimum atomic E-state index is -0.373. The molecular weight excluding hydrogens is 452 g/mol. The highest BCUT2D eigenvalue weighted by molar-refractivity contribution is 5.75. The fourth-order valence-electron chi connectivity index (χ4n) is 5.20. The first-order chi connectivity index (χ1) is 17.5. The third-order valence-electron chi connectivity index (χ3n) is 7.24. The van der Waals surface area contributed by atoms with Crippen molar-refractivity contribution in [3.05, 3.63) is 65.0 Å². The topological polar surface area (TPSA) is 94.6 Å². The maximum atomic E-state index is 12.9. The number of carbonyl (C=O) groups is 1. The van der Waals surface area contributed by atoms with Crippen LogP contribution in [0.2, 0.25) is 0 Å². The van der Waals surface area contributed by atoms with Crippen LogP contribution >= 0.6 is 0 Å². The van der Waals surface area contributed by atoms with E-state index in [4.69, 9.17) is 19.9 Å². The zero-order valence-corrected chi connectivity index (χ0v) is 21.3. The lowest BCUT2D eigenvalue weighted by Gasteiger charge is -2.28. The van der Waals surface area contributed by atoms with Crippen LogP contribution in [0.4, 0.5) is 0 Å². The van der Waals surface area contributed by atoms with Gasteiger partial charge in [0, 0.05) is 11.6 Å². The van der Waals surface area contributed by atoms with Crippen molar-refractivity contribution in [1.29, 1.82) is 5.26 Å². The van der Waals surface area contributed by atoms with Gasteiger partial charge in [0.2, 0.25) is 5.88 Å². The molecule has 0 radical (unpaired) electrons. The van der Waals surface area contributed by atoms with Crippen molar-refractivity contribution in [2.24, 2.45) is 17.6 Å². The van der Waals surface area contributed by atoms with Crippen LogP contribution in [0.25, 0.3) is 0 Å². The molecule has 6 heteroatoms. The van der Waals surface area contributed by atoms with Crippen LogP contribution in [0.3, 0.4) is 0 Å². The number of nitriles is 1. The van der Waals surface area contributed by atoms with Crippen LogP contribution in [-0.4, -0.2) is 12.6 Å². The second-order valence-corrected chi connectivity index (χ2v) is 9.82. The lowest BCUT2D eigenvalue weighted by Crippen LogP contribution is -2.26. The Labute approximate surface area is 214 Å². The molecular formula is C30H36N2O4. The minimum Gasteiger partial charge on any atom is -0.494 e. The number of fused-ring (bicyclic) bond motifs is 1. The fraction of sp³-hybridized carbons (Fsp3) is 0.467. The van der Waals surface area contributed by atoms with Crippen molar-refractivity contribution in [1.82, 2.24) is 0 Å². The summed E-state index contributed by atoms with van der Waals surface area (Å²) in [5.74, 6) is 1.90. The van der Waals surface area contributed by atoms with E-state index in [1.165, 1.54) is 19.3 Å². The summed E-state index contributed by atoms with van der Waals surface area (Å²) in [4.78, 5) is 12.9. The summed E-state index contributed by atoms with van der Waals surface area (Å²) >= 11 is 0. The first-order valence-corrected chi connectivity index (χ1v) is 13.2. The molecule has 1 atom stereocenters. The number of nitrogens with zero attached hydrogens (tertiary/aromatic N) is 1. The predicted octanol–water partition coefficient (Wildman–Crippen LogP) is 6.60. The maximum absolute atomic E-state index is 12.9. The van der Waals surface area contributed by atoms with Gasteiger partial charge in [0.15, 0.2) is 0 Å². The van der Waals surface area contributed by atoms with Gasteiger partial charge >= 0.3 is 5.97 Å². The second-order valence-electron chi connectivity index (χ2n) is 9.82. The largest absolute Gasteiger partial charge is 0.494 e. The second kappa shape index (κ2) is 12.0. The Hall–Kier alpha value is -3.46. The standard InChI is InChI=1S/C30H36N2O4/c1-3-5-6-20-7-9-22(10-8-20)30(33)35-24-15-16-25-27(18-24)36-29(32)26(19-31)28(25)21-11-13-23(14-12-21)34-17-4-2/h11-16,18,20,22,28H,3-10,17,32H2,1-2H3. The summed E-state index contributed by atoms with van der Waals surface area (Å²) in [6.07, 6.45) is 8.63. The average Bonchev–Trinajstić information content (AvgIpc) is 2.90. The van der Waals surface area contributed by atoms with Gasteiger partial charge in [-0.3, -0.25) is 4.79 Å². The quantitative estimate of drug-likeness (QED) is 0.316. The number of allylic oxidation sites excluding steroid dienone is 1. The van der Waals surface area contributed by atoms with Crippen molar-refractivity contribution in [2.45, 2.75) is 71.1 Å². The van der Waals surface area contributed by atoms with Crippen molar-refractivity contribution in [2.75, 3.05) is 6.61 Å². The highest BCUT2D eigenvalue weighted by Crippen LogP contribution is 2.44. The van der Waals surface area contributed by atoms with Crippen LogP contribution in [0.15, 0.2) is 53.9 Å². The molecule has 2 N–H and O–H groups in total. The highest BCUT2D eigenvalue weighted by Gasteiger charge is 2.32. The van der Waals surface area contributed by atoms with E-state index in [0.29, 0.717) is 23.7 Å². The third kappa shape index (κ3) is 5.84. The van der Waals surface area contributed by atoms with Gasteiger partial charge in [-0.1, -0.05) is 51.3 Å². The molecule has 1 aliphatic heterocycles. The number of benzene rings is 2. The molecule has 2 aliphatic rings. The first-order valence-electron chi connectivity index (χ1n) is 13.2. The van der Waals surface area contributed by atoms with E-state index in [2.05, 4.69) is 19.9 Å². The molecule has 0 amide bonds. The molecule has 1 heterocycles. The smallest absolute Gasteiger partial charge is 0.314 e. The zero-order valence-electron chi connectivity index (χ0n) is 21.3. The monoisotopic (exact) mass is 488 g/mol. The van der Waals surface area contributed by atoms with Crippen molar-refractivity contribution in [3.63, 3.8) is 0 Å². The molecule has 2 aromatic rings. The SMILES string of the molecule is CCCCC1CCC(C(=O)Oc2ccc3c(c2)OC(N)=C(C#N)C3c2ccc(OCCC)cc2)CC1. The summed E-state index contributed by atoms with van der Waals surface area (Å²) in [5, 5.41) is 9.81. The Kier molecular flexibility index (Phi) is 8.53. The lowest BCUT2D eigenvalue weighted by atomic mass is 9.80. The van der Waals surface area contributed by atoms with Crippen LogP contribution in [0.1, 0.15) is 82.3 Å². The van der Waals surface area contributed by atoms with E-state index in [1.807, 2.05) is 30.3 Å². The molecule has 0 saturated heterocycles. The maximum Gasteiger partial charge on any atom is 0.314 e. The van der Waals surface area contributed by atoms with E-state index in [1.54, 1.807) is 12.1 Å². The van der Waals surface area contributed by atoms with Crippen molar-refractivity contribution < 1.29 is 19.0 Å². The number of hydrogen-bond acceptors (Lipinski definition) is 6. The molecule has 0 spiro atoms. The van der Waals surface area contributed by atoms with Gasteiger partial charge < -0.3 is 19.9 Å². The Bertz CT molecular complexity index is 1120. The van der Waals surface area contributed by atoms with Crippen molar-refractivity contribution >= 4 is 5.97 Å². The number of unbranched alkanes of at least 4 members (excludes halogenated alkanes) is 1. The number of nitrogens with two attached hydrogens (primary N) is 1.